The van der Waals surface area contributed by atoms with Crippen LogP contribution in [0.3, 0.4) is 0 Å². The van der Waals surface area contributed by atoms with Gasteiger partial charge in [0.25, 0.3) is 0 Å². The lowest BCUT2D eigenvalue weighted by atomic mass is 10.1. The van der Waals surface area contributed by atoms with E-state index in [1.54, 1.807) is 14.2 Å². The Morgan fingerprint density at radius 1 is 1.25 bits per heavy atom. The molecule has 0 saturated carbocycles. The van der Waals surface area contributed by atoms with Crippen LogP contribution in [0, 0.1) is 0 Å². The molecular formula is C12H15O4-. The van der Waals surface area contributed by atoms with Crippen molar-refractivity contribution in [3.05, 3.63) is 23.8 Å². The van der Waals surface area contributed by atoms with Crippen molar-refractivity contribution in [1.29, 1.82) is 0 Å². The summed E-state index contributed by atoms with van der Waals surface area (Å²) in [6.45, 7) is 0. The van der Waals surface area contributed by atoms with Gasteiger partial charge in [-0.1, -0.05) is 6.07 Å². The maximum Gasteiger partial charge on any atom is 0.160 e. The molecule has 0 amide bonds. The summed E-state index contributed by atoms with van der Waals surface area (Å²) in [6.07, 6.45) is 1.33. The number of carbonyl (C=O) groups excluding carboxylic acids is 1. The summed E-state index contributed by atoms with van der Waals surface area (Å²) in [4.78, 5) is 10.3. The highest BCUT2D eigenvalue weighted by atomic mass is 16.5. The van der Waals surface area contributed by atoms with Crippen LogP contribution < -0.4 is 14.6 Å². The van der Waals surface area contributed by atoms with Gasteiger partial charge < -0.3 is 19.4 Å². The zero-order valence-electron chi connectivity index (χ0n) is 9.49. The molecule has 0 radical (unpaired) electrons. The Bertz CT molecular complexity index is 360. The lowest BCUT2D eigenvalue weighted by molar-refractivity contribution is -0.305. The average Bonchev–Trinajstić information content (AvgIpc) is 2.28. The average molecular weight is 223 g/mol. The Morgan fingerprint density at radius 3 is 2.50 bits per heavy atom. The monoisotopic (exact) mass is 223 g/mol. The number of methoxy groups -OCH3 is 2. The van der Waals surface area contributed by atoms with Gasteiger partial charge in [-0.15, -0.1) is 0 Å². The summed E-state index contributed by atoms with van der Waals surface area (Å²) >= 11 is 0. The smallest absolute Gasteiger partial charge is 0.160 e. The second kappa shape index (κ2) is 6.00. The van der Waals surface area contributed by atoms with Gasteiger partial charge in [-0.3, -0.25) is 0 Å². The minimum atomic E-state index is -1.01. The molecule has 1 aromatic rings. The number of rotatable bonds is 6. The van der Waals surface area contributed by atoms with Crippen LogP contribution in [0.15, 0.2) is 18.2 Å². The Kier molecular flexibility index (Phi) is 4.64. The SMILES string of the molecule is COc1ccc(CCCC(=O)[O-])cc1OC. The van der Waals surface area contributed by atoms with Crippen molar-refractivity contribution in [2.24, 2.45) is 0 Å². The predicted octanol–water partition coefficient (Wildman–Crippen LogP) is 0.776. The number of hydrogen-bond acceptors (Lipinski definition) is 4. The topological polar surface area (TPSA) is 58.6 Å². The van der Waals surface area contributed by atoms with E-state index in [1.165, 1.54) is 0 Å². The third-order valence-electron chi connectivity index (χ3n) is 2.29. The Morgan fingerprint density at radius 2 is 1.94 bits per heavy atom. The maximum atomic E-state index is 10.3. The highest BCUT2D eigenvalue weighted by molar-refractivity contribution is 5.64. The molecule has 4 heteroatoms. The molecule has 0 unspecified atom stereocenters. The molecule has 0 bridgehead atoms. The van der Waals surface area contributed by atoms with Crippen LogP contribution in [0.4, 0.5) is 0 Å². The van der Waals surface area contributed by atoms with Gasteiger partial charge in [-0.2, -0.15) is 0 Å². The second-order valence-electron chi connectivity index (χ2n) is 3.41. The van der Waals surface area contributed by atoms with E-state index in [1.807, 2.05) is 18.2 Å². The molecule has 1 rings (SSSR count). The summed E-state index contributed by atoms with van der Waals surface area (Å²) in [6, 6.07) is 5.57. The highest BCUT2D eigenvalue weighted by Crippen LogP contribution is 2.27. The Balaban J connectivity index is 2.64. The number of carboxylic acids is 1. The fourth-order valence-electron chi connectivity index (χ4n) is 1.47. The molecule has 4 nitrogen and oxygen atoms in total. The van der Waals surface area contributed by atoms with Crippen molar-refractivity contribution in [1.82, 2.24) is 0 Å². The molecule has 0 aliphatic rings. The quantitative estimate of drug-likeness (QED) is 0.715. The van der Waals surface area contributed by atoms with Crippen molar-refractivity contribution in [2.75, 3.05) is 14.2 Å². The van der Waals surface area contributed by atoms with Crippen LogP contribution in [0.25, 0.3) is 0 Å². The van der Waals surface area contributed by atoms with E-state index >= 15 is 0 Å². The van der Waals surface area contributed by atoms with Crippen LogP contribution >= 0.6 is 0 Å². The van der Waals surface area contributed by atoms with E-state index < -0.39 is 5.97 Å². The number of ether oxygens (including phenoxy) is 2. The molecule has 16 heavy (non-hydrogen) atoms. The van der Waals surface area contributed by atoms with Crippen molar-refractivity contribution < 1.29 is 19.4 Å². The molecule has 0 aliphatic carbocycles. The van der Waals surface area contributed by atoms with Crippen molar-refractivity contribution >= 4 is 5.97 Å². The van der Waals surface area contributed by atoms with Gasteiger partial charge in [-0.25, -0.2) is 0 Å². The van der Waals surface area contributed by atoms with Crippen molar-refractivity contribution in [2.45, 2.75) is 19.3 Å². The summed E-state index contributed by atoms with van der Waals surface area (Å²) in [5.41, 5.74) is 1.03. The van der Waals surface area contributed by atoms with Gasteiger partial charge in [0.05, 0.1) is 14.2 Å². The minimum Gasteiger partial charge on any atom is -0.550 e. The van der Waals surface area contributed by atoms with Crippen LogP contribution in [-0.2, 0) is 11.2 Å². The molecule has 0 spiro atoms. The normalized spacial score (nSPS) is 9.88. The van der Waals surface area contributed by atoms with Gasteiger partial charge in [0.2, 0.25) is 0 Å². The molecular weight excluding hydrogens is 208 g/mol. The molecule has 1 aromatic carbocycles. The van der Waals surface area contributed by atoms with Gasteiger partial charge in [0, 0.05) is 5.97 Å². The number of carboxylic acid groups (broad SMARTS) is 1. The van der Waals surface area contributed by atoms with Gasteiger partial charge in [0.1, 0.15) is 0 Å². The van der Waals surface area contributed by atoms with E-state index in [0.29, 0.717) is 24.3 Å². The molecule has 0 aliphatic heterocycles. The van der Waals surface area contributed by atoms with Crippen LogP contribution in [0.1, 0.15) is 18.4 Å². The first kappa shape index (κ1) is 12.4. The lowest BCUT2D eigenvalue weighted by Gasteiger charge is -2.09. The molecule has 0 heterocycles. The maximum absolute atomic E-state index is 10.3. The van der Waals surface area contributed by atoms with Crippen LogP contribution in [0.5, 0.6) is 11.5 Å². The molecule has 0 atom stereocenters. The third-order valence-corrected chi connectivity index (χ3v) is 2.29. The van der Waals surface area contributed by atoms with Crippen molar-refractivity contribution in [3.8, 4) is 11.5 Å². The fraction of sp³-hybridized carbons (Fsp3) is 0.417. The number of aliphatic carboxylic acids is 1. The molecule has 0 saturated heterocycles. The lowest BCUT2D eigenvalue weighted by Crippen LogP contribution is -2.21. The zero-order chi connectivity index (χ0) is 12.0. The fourth-order valence-corrected chi connectivity index (χ4v) is 1.47. The minimum absolute atomic E-state index is 0.0777. The summed E-state index contributed by atoms with van der Waals surface area (Å²) < 4.78 is 10.3. The van der Waals surface area contributed by atoms with E-state index in [-0.39, 0.29) is 6.42 Å². The summed E-state index contributed by atoms with van der Waals surface area (Å²) in [5.74, 6) is 0.320. The summed E-state index contributed by atoms with van der Waals surface area (Å²) in [7, 11) is 3.15. The third kappa shape index (κ3) is 3.46. The van der Waals surface area contributed by atoms with Gasteiger partial charge >= 0.3 is 0 Å². The van der Waals surface area contributed by atoms with E-state index in [9.17, 15) is 9.90 Å². The van der Waals surface area contributed by atoms with Crippen LogP contribution in [-0.4, -0.2) is 20.2 Å². The number of carbonyl (C=O) groups is 1. The molecule has 88 valence electrons. The van der Waals surface area contributed by atoms with E-state index in [2.05, 4.69) is 0 Å². The Hall–Kier alpha value is -1.71. The summed E-state index contributed by atoms with van der Waals surface area (Å²) in [5, 5.41) is 10.3. The predicted molar refractivity (Wildman–Crippen MR) is 57.5 cm³/mol. The number of hydrogen-bond donors (Lipinski definition) is 0. The molecule has 0 aromatic heterocycles. The second-order valence-corrected chi connectivity index (χ2v) is 3.41. The number of aryl methyl sites for hydroxylation is 1. The van der Waals surface area contributed by atoms with Gasteiger partial charge in [0.15, 0.2) is 11.5 Å². The zero-order valence-corrected chi connectivity index (χ0v) is 9.49. The van der Waals surface area contributed by atoms with Crippen molar-refractivity contribution in [3.63, 3.8) is 0 Å². The number of benzene rings is 1. The standard InChI is InChI=1S/C12H16O4/c1-15-10-7-6-9(8-11(10)16-2)4-3-5-12(13)14/h6-8H,3-5H2,1-2H3,(H,13,14)/p-1. The van der Waals surface area contributed by atoms with E-state index in [4.69, 9.17) is 9.47 Å². The first-order chi connectivity index (χ1) is 7.67. The first-order valence-electron chi connectivity index (χ1n) is 5.08. The highest BCUT2D eigenvalue weighted by Gasteiger charge is 2.04. The molecule has 0 N–H and O–H groups in total. The molecule has 0 fully saturated rings. The van der Waals surface area contributed by atoms with Gasteiger partial charge in [-0.05, 0) is 37.0 Å². The first-order valence-corrected chi connectivity index (χ1v) is 5.08. The van der Waals surface area contributed by atoms with E-state index in [0.717, 1.165) is 5.56 Å². The largest absolute Gasteiger partial charge is 0.550 e. The Labute approximate surface area is 94.8 Å². The van der Waals surface area contributed by atoms with Crippen LogP contribution in [0.2, 0.25) is 0 Å².